The summed E-state index contributed by atoms with van der Waals surface area (Å²) in [5, 5.41) is 11.3. The van der Waals surface area contributed by atoms with E-state index < -0.39 is 16.0 Å². The second kappa shape index (κ2) is 8.18. The number of carboxylic acids is 1. The first-order chi connectivity index (χ1) is 9.84. The van der Waals surface area contributed by atoms with Gasteiger partial charge < -0.3 is 15.3 Å². The molecule has 0 aliphatic carbocycles. The van der Waals surface area contributed by atoms with E-state index in [4.69, 9.17) is 5.11 Å². The summed E-state index contributed by atoms with van der Waals surface area (Å²) in [4.78, 5) is 24.1. The Bertz CT molecular complexity index is 458. The third-order valence-corrected chi connectivity index (χ3v) is 4.85. The predicted molar refractivity (Wildman–Crippen MR) is 77.4 cm³/mol. The van der Waals surface area contributed by atoms with E-state index >= 15 is 0 Å². The van der Waals surface area contributed by atoms with Crippen molar-refractivity contribution in [3.05, 3.63) is 0 Å². The summed E-state index contributed by atoms with van der Waals surface area (Å²) < 4.78 is 25.2. The molecule has 0 aromatic carbocycles. The molecule has 1 aliphatic heterocycles. The van der Waals surface area contributed by atoms with Crippen molar-refractivity contribution in [1.29, 1.82) is 0 Å². The minimum Gasteiger partial charge on any atom is -0.481 e. The monoisotopic (exact) mass is 321 g/mol. The van der Waals surface area contributed by atoms with Crippen molar-refractivity contribution in [2.24, 2.45) is 5.92 Å². The number of aliphatic carboxylic acids is 1. The van der Waals surface area contributed by atoms with Gasteiger partial charge in [-0.05, 0) is 18.8 Å². The molecule has 0 atom stereocenters. The van der Waals surface area contributed by atoms with Crippen LogP contribution in [0.2, 0.25) is 0 Å². The lowest BCUT2D eigenvalue weighted by Crippen LogP contribution is -2.46. The third-order valence-electron chi connectivity index (χ3n) is 3.38. The first-order valence-corrected chi connectivity index (χ1v) is 8.71. The van der Waals surface area contributed by atoms with Crippen LogP contribution in [0.5, 0.6) is 0 Å². The molecule has 0 spiro atoms. The normalized spacial score (nSPS) is 16.7. The predicted octanol–water partition coefficient (Wildman–Crippen LogP) is -0.178. The summed E-state index contributed by atoms with van der Waals surface area (Å²) >= 11 is 0. The summed E-state index contributed by atoms with van der Waals surface area (Å²) in [7, 11) is -3.33. The van der Waals surface area contributed by atoms with Crippen molar-refractivity contribution in [2.75, 3.05) is 31.9 Å². The van der Waals surface area contributed by atoms with Crippen molar-refractivity contribution in [1.82, 2.24) is 14.9 Å². The minimum absolute atomic E-state index is 0.0588. The van der Waals surface area contributed by atoms with Gasteiger partial charge >= 0.3 is 12.0 Å². The molecule has 1 heterocycles. The molecule has 9 heteroatoms. The topological polar surface area (TPSA) is 116 Å². The van der Waals surface area contributed by atoms with E-state index in [1.807, 2.05) is 0 Å². The number of carbonyl (C=O) groups excluding carboxylic acids is 1. The average Bonchev–Trinajstić information content (AvgIpc) is 2.38. The Morgan fingerprint density at radius 2 is 1.90 bits per heavy atom. The Morgan fingerprint density at radius 3 is 2.43 bits per heavy atom. The van der Waals surface area contributed by atoms with Crippen molar-refractivity contribution >= 4 is 22.0 Å². The van der Waals surface area contributed by atoms with E-state index in [2.05, 4.69) is 10.0 Å². The van der Waals surface area contributed by atoms with Crippen LogP contribution >= 0.6 is 0 Å². The molecular formula is C12H23N3O5S. The van der Waals surface area contributed by atoms with Crippen LogP contribution in [0.1, 0.15) is 26.2 Å². The number of piperidine rings is 1. The lowest BCUT2D eigenvalue weighted by atomic mass is 9.94. The number of urea groups is 1. The maximum absolute atomic E-state index is 11.9. The summed E-state index contributed by atoms with van der Waals surface area (Å²) in [6.45, 7) is 3.08. The number of carboxylic acid groups (broad SMARTS) is 1. The highest BCUT2D eigenvalue weighted by atomic mass is 32.2. The van der Waals surface area contributed by atoms with E-state index in [0.717, 1.165) is 0 Å². The molecule has 21 heavy (non-hydrogen) atoms. The van der Waals surface area contributed by atoms with Gasteiger partial charge in [-0.25, -0.2) is 17.9 Å². The number of nitrogens with zero attached hydrogens (tertiary/aromatic N) is 1. The van der Waals surface area contributed by atoms with Crippen LogP contribution in [0, 0.1) is 5.92 Å². The van der Waals surface area contributed by atoms with Crippen LogP contribution < -0.4 is 10.0 Å². The molecule has 0 unspecified atom stereocenters. The van der Waals surface area contributed by atoms with Gasteiger partial charge in [-0.2, -0.15) is 0 Å². The molecule has 1 rings (SSSR count). The number of nitrogens with one attached hydrogen (secondary N) is 2. The van der Waals surface area contributed by atoms with Crippen LogP contribution in [0.4, 0.5) is 4.79 Å². The Balaban J connectivity index is 2.27. The molecule has 8 nitrogen and oxygen atoms in total. The fourth-order valence-corrected chi connectivity index (χ4v) is 3.24. The van der Waals surface area contributed by atoms with E-state index in [1.54, 1.807) is 11.8 Å². The Morgan fingerprint density at radius 1 is 1.29 bits per heavy atom. The van der Waals surface area contributed by atoms with E-state index in [-0.39, 0.29) is 30.7 Å². The fraction of sp³-hybridized carbons (Fsp3) is 0.833. The number of amides is 2. The largest absolute Gasteiger partial charge is 0.481 e. The summed E-state index contributed by atoms with van der Waals surface area (Å²) in [6, 6.07) is -0.296. The molecule has 0 aromatic rings. The number of hydrogen-bond donors (Lipinski definition) is 3. The zero-order valence-corrected chi connectivity index (χ0v) is 13.0. The molecule has 1 aliphatic rings. The van der Waals surface area contributed by atoms with Crippen LogP contribution in [0.25, 0.3) is 0 Å². The van der Waals surface area contributed by atoms with E-state index in [0.29, 0.717) is 32.5 Å². The fourth-order valence-electron chi connectivity index (χ4n) is 2.28. The van der Waals surface area contributed by atoms with Gasteiger partial charge in [0.1, 0.15) is 0 Å². The molecule has 1 saturated heterocycles. The zero-order valence-electron chi connectivity index (χ0n) is 12.2. The second-order valence-electron chi connectivity index (χ2n) is 5.08. The lowest BCUT2D eigenvalue weighted by Gasteiger charge is -2.31. The summed E-state index contributed by atoms with van der Waals surface area (Å²) in [5.74, 6) is -0.852. The molecule has 0 bridgehead atoms. The average molecular weight is 321 g/mol. The molecule has 3 N–H and O–H groups in total. The number of likely N-dealkylation sites (tertiary alicyclic amines) is 1. The Kier molecular flexibility index (Phi) is 6.90. The van der Waals surface area contributed by atoms with Crippen molar-refractivity contribution in [2.45, 2.75) is 26.2 Å². The SMILES string of the molecule is CCNS(=O)(=O)CCNC(=O)N1CCC(CC(=O)O)CC1. The van der Waals surface area contributed by atoms with Crippen LogP contribution in [0.15, 0.2) is 0 Å². The third kappa shape index (κ3) is 6.76. The highest BCUT2D eigenvalue weighted by Gasteiger charge is 2.24. The molecular weight excluding hydrogens is 298 g/mol. The molecule has 0 radical (unpaired) electrons. The highest BCUT2D eigenvalue weighted by Crippen LogP contribution is 2.20. The number of carbonyl (C=O) groups is 2. The summed E-state index contributed by atoms with van der Waals surface area (Å²) in [5.41, 5.74) is 0. The van der Waals surface area contributed by atoms with Gasteiger partial charge in [-0.15, -0.1) is 0 Å². The summed E-state index contributed by atoms with van der Waals surface area (Å²) in [6.07, 6.45) is 1.46. The van der Waals surface area contributed by atoms with Gasteiger partial charge in [-0.1, -0.05) is 6.92 Å². The lowest BCUT2D eigenvalue weighted by molar-refractivity contribution is -0.138. The number of sulfonamides is 1. The first kappa shape index (κ1) is 17.7. The molecule has 0 saturated carbocycles. The Labute approximate surface area is 124 Å². The first-order valence-electron chi connectivity index (χ1n) is 7.06. The second-order valence-corrected chi connectivity index (χ2v) is 7.00. The van der Waals surface area contributed by atoms with Gasteiger partial charge in [0, 0.05) is 32.6 Å². The number of hydrogen-bond acceptors (Lipinski definition) is 4. The molecule has 2 amide bonds. The number of rotatable bonds is 7. The van der Waals surface area contributed by atoms with Crippen molar-refractivity contribution in [3.63, 3.8) is 0 Å². The van der Waals surface area contributed by atoms with E-state index in [1.165, 1.54) is 0 Å². The zero-order chi connectivity index (χ0) is 15.9. The maximum atomic E-state index is 11.9. The van der Waals surface area contributed by atoms with Gasteiger partial charge in [0.05, 0.1) is 5.75 Å². The Hall–Kier alpha value is -1.35. The molecule has 0 aromatic heterocycles. The van der Waals surface area contributed by atoms with E-state index in [9.17, 15) is 18.0 Å². The van der Waals surface area contributed by atoms with Gasteiger partial charge in [0.15, 0.2) is 0 Å². The van der Waals surface area contributed by atoms with Gasteiger partial charge in [0.25, 0.3) is 0 Å². The van der Waals surface area contributed by atoms with Crippen LogP contribution in [-0.2, 0) is 14.8 Å². The van der Waals surface area contributed by atoms with Crippen LogP contribution in [-0.4, -0.2) is 62.4 Å². The van der Waals surface area contributed by atoms with Gasteiger partial charge in [0.2, 0.25) is 10.0 Å². The molecule has 122 valence electrons. The van der Waals surface area contributed by atoms with Gasteiger partial charge in [-0.3, -0.25) is 4.79 Å². The quantitative estimate of drug-likeness (QED) is 0.601. The molecule has 1 fully saturated rings. The van der Waals surface area contributed by atoms with Crippen LogP contribution in [0.3, 0.4) is 0 Å². The minimum atomic E-state index is -3.33. The maximum Gasteiger partial charge on any atom is 0.317 e. The van der Waals surface area contributed by atoms with Crippen molar-refractivity contribution in [3.8, 4) is 0 Å². The smallest absolute Gasteiger partial charge is 0.317 e. The standard InChI is InChI=1S/C12H23N3O5S/c1-2-14-21(19,20)8-5-13-12(18)15-6-3-10(4-7-15)9-11(16)17/h10,14H,2-9H2,1H3,(H,13,18)(H,16,17). The van der Waals surface area contributed by atoms with Crippen molar-refractivity contribution < 1.29 is 23.1 Å². The highest BCUT2D eigenvalue weighted by molar-refractivity contribution is 7.89.